The van der Waals surface area contributed by atoms with E-state index in [0.717, 1.165) is 28.9 Å². The number of H-pyrrole nitrogens is 1. The maximum absolute atomic E-state index is 11.8. The topological polar surface area (TPSA) is 67.0 Å². The van der Waals surface area contributed by atoms with Gasteiger partial charge in [0.1, 0.15) is 5.75 Å². The predicted molar refractivity (Wildman–Crippen MR) is 94.1 cm³/mol. The number of nitrogens with one attached hydrogen (secondary N) is 2. The number of hydrogen-bond donors (Lipinski definition) is 2. The van der Waals surface area contributed by atoms with E-state index in [-0.39, 0.29) is 5.91 Å². The summed E-state index contributed by atoms with van der Waals surface area (Å²) in [6.07, 6.45) is 1.06. The average Bonchev–Trinajstić information content (AvgIpc) is 2.99. The lowest BCUT2D eigenvalue weighted by atomic mass is 10.1. The van der Waals surface area contributed by atoms with Crippen LogP contribution in [0.1, 0.15) is 17.8 Å². The Morgan fingerprint density at radius 3 is 2.79 bits per heavy atom. The summed E-state index contributed by atoms with van der Waals surface area (Å²) < 4.78 is 5.75. The van der Waals surface area contributed by atoms with E-state index in [9.17, 15) is 4.79 Å². The lowest BCUT2D eigenvalue weighted by molar-refractivity contribution is -0.120. The molecule has 0 fully saturated rings. The number of aromatic amines is 1. The van der Waals surface area contributed by atoms with Crippen molar-refractivity contribution in [2.75, 3.05) is 13.2 Å². The zero-order valence-electron chi connectivity index (χ0n) is 13.7. The first-order chi connectivity index (χ1) is 11.7. The van der Waals surface area contributed by atoms with Gasteiger partial charge in [-0.1, -0.05) is 30.3 Å². The van der Waals surface area contributed by atoms with Gasteiger partial charge in [-0.25, -0.2) is 0 Å². The van der Waals surface area contributed by atoms with E-state index in [1.807, 2.05) is 37.3 Å². The van der Waals surface area contributed by atoms with Crippen molar-refractivity contribution in [1.29, 1.82) is 0 Å². The van der Waals surface area contributed by atoms with E-state index in [0.29, 0.717) is 19.6 Å². The van der Waals surface area contributed by atoms with Gasteiger partial charge in [0.25, 0.3) is 0 Å². The molecule has 2 aromatic carbocycles. The third-order valence-corrected chi connectivity index (χ3v) is 3.73. The van der Waals surface area contributed by atoms with Crippen molar-refractivity contribution in [1.82, 2.24) is 15.5 Å². The molecule has 0 aliphatic rings. The zero-order valence-corrected chi connectivity index (χ0v) is 13.7. The number of hydrogen-bond acceptors (Lipinski definition) is 3. The Morgan fingerprint density at radius 2 is 2.00 bits per heavy atom. The molecule has 0 atom stereocenters. The van der Waals surface area contributed by atoms with Gasteiger partial charge >= 0.3 is 0 Å². The minimum atomic E-state index is -0.0211. The summed E-state index contributed by atoms with van der Waals surface area (Å²) >= 11 is 0. The average molecular weight is 323 g/mol. The standard InChI is InChI=1S/C19H21N3O2/c1-14-11-17(22-21-14)13-19(23)20-9-4-10-24-18-8-7-15-5-2-3-6-16(15)12-18/h2-3,5-8,11-12H,4,9-10,13H2,1H3,(H,20,23)(H,21,22). The van der Waals surface area contributed by atoms with Gasteiger partial charge < -0.3 is 10.1 Å². The Labute approximate surface area is 141 Å². The van der Waals surface area contributed by atoms with Crippen LogP contribution in [-0.2, 0) is 11.2 Å². The molecule has 2 N–H and O–H groups in total. The number of fused-ring (bicyclic) bond motifs is 1. The van der Waals surface area contributed by atoms with Crippen molar-refractivity contribution < 1.29 is 9.53 Å². The van der Waals surface area contributed by atoms with Crippen LogP contribution in [0.15, 0.2) is 48.5 Å². The molecule has 1 aromatic heterocycles. The summed E-state index contributed by atoms with van der Waals surface area (Å²) in [7, 11) is 0. The fourth-order valence-corrected chi connectivity index (χ4v) is 2.54. The lowest BCUT2D eigenvalue weighted by Gasteiger charge is -2.08. The van der Waals surface area contributed by atoms with E-state index in [1.165, 1.54) is 5.39 Å². The molecular weight excluding hydrogens is 302 g/mol. The highest BCUT2D eigenvalue weighted by atomic mass is 16.5. The van der Waals surface area contributed by atoms with Crippen molar-refractivity contribution in [3.63, 3.8) is 0 Å². The first-order valence-electron chi connectivity index (χ1n) is 8.10. The maximum atomic E-state index is 11.8. The molecule has 0 saturated heterocycles. The summed E-state index contributed by atoms with van der Waals surface area (Å²) in [6, 6.07) is 16.1. The molecule has 0 aliphatic carbocycles. The second-order valence-corrected chi connectivity index (χ2v) is 5.78. The highest BCUT2D eigenvalue weighted by Crippen LogP contribution is 2.20. The van der Waals surface area contributed by atoms with Crippen molar-refractivity contribution in [3.05, 3.63) is 59.9 Å². The van der Waals surface area contributed by atoms with Crippen molar-refractivity contribution >= 4 is 16.7 Å². The van der Waals surface area contributed by atoms with Gasteiger partial charge in [-0.15, -0.1) is 0 Å². The van der Waals surface area contributed by atoms with Crippen LogP contribution in [0, 0.1) is 6.92 Å². The molecular formula is C19H21N3O2. The molecule has 0 unspecified atom stereocenters. The number of aromatic nitrogens is 2. The van der Waals surface area contributed by atoms with E-state index in [1.54, 1.807) is 0 Å². The molecule has 3 rings (SSSR count). The number of amides is 1. The molecule has 1 amide bonds. The number of carbonyl (C=O) groups is 1. The minimum Gasteiger partial charge on any atom is -0.494 e. The van der Waals surface area contributed by atoms with Crippen LogP contribution in [0.5, 0.6) is 5.75 Å². The first kappa shape index (κ1) is 16.1. The normalized spacial score (nSPS) is 10.7. The zero-order chi connectivity index (χ0) is 16.8. The Morgan fingerprint density at radius 1 is 1.17 bits per heavy atom. The number of ether oxygens (including phenoxy) is 1. The Kier molecular flexibility index (Phi) is 5.11. The molecule has 5 heteroatoms. The smallest absolute Gasteiger partial charge is 0.226 e. The summed E-state index contributed by atoms with van der Waals surface area (Å²) in [6.45, 7) is 3.08. The van der Waals surface area contributed by atoms with Crippen molar-refractivity contribution in [2.24, 2.45) is 0 Å². The molecule has 5 nitrogen and oxygen atoms in total. The first-order valence-corrected chi connectivity index (χ1v) is 8.10. The molecule has 0 saturated carbocycles. The maximum Gasteiger partial charge on any atom is 0.226 e. The quantitative estimate of drug-likeness (QED) is 0.657. The summed E-state index contributed by atoms with van der Waals surface area (Å²) in [5.74, 6) is 0.833. The Bertz CT molecular complexity index is 826. The number of nitrogens with zero attached hydrogens (tertiary/aromatic N) is 1. The van der Waals surface area contributed by atoms with Gasteiger partial charge in [-0.2, -0.15) is 5.10 Å². The number of rotatable bonds is 7. The number of carbonyl (C=O) groups excluding carboxylic acids is 1. The third kappa shape index (κ3) is 4.35. The monoisotopic (exact) mass is 323 g/mol. The summed E-state index contributed by atoms with van der Waals surface area (Å²) in [4.78, 5) is 11.8. The van der Waals surface area contributed by atoms with Crippen LogP contribution in [0.25, 0.3) is 10.8 Å². The molecule has 0 spiro atoms. The van der Waals surface area contributed by atoms with Crippen LogP contribution < -0.4 is 10.1 Å². The van der Waals surface area contributed by atoms with E-state index in [4.69, 9.17) is 4.74 Å². The van der Waals surface area contributed by atoms with Gasteiger partial charge in [0.15, 0.2) is 0 Å². The third-order valence-electron chi connectivity index (χ3n) is 3.73. The van der Waals surface area contributed by atoms with Gasteiger partial charge in [-0.3, -0.25) is 9.89 Å². The van der Waals surface area contributed by atoms with Gasteiger partial charge in [-0.05, 0) is 42.3 Å². The van der Waals surface area contributed by atoms with Crippen LogP contribution in [0.2, 0.25) is 0 Å². The highest BCUT2D eigenvalue weighted by Gasteiger charge is 2.05. The molecule has 124 valence electrons. The predicted octanol–water partition coefficient (Wildman–Crippen LogP) is 3.00. The van der Waals surface area contributed by atoms with Crippen molar-refractivity contribution in [3.8, 4) is 5.75 Å². The van der Waals surface area contributed by atoms with Crippen LogP contribution in [-0.4, -0.2) is 29.3 Å². The minimum absolute atomic E-state index is 0.0211. The highest BCUT2D eigenvalue weighted by molar-refractivity contribution is 5.83. The Hall–Kier alpha value is -2.82. The molecule has 3 aromatic rings. The lowest BCUT2D eigenvalue weighted by Crippen LogP contribution is -2.27. The number of aryl methyl sites for hydroxylation is 1. The number of benzene rings is 2. The fraction of sp³-hybridized carbons (Fsp3) is 0.263. The van der Waals surface area contributed by atoms with Gasteiger partial charge in [0, 0.05) is 12.2 Å². The van der Waals surface area contributed by atoms with E-state index in [2.05, 4.69) is 33.7 Å². The Balaban J connectivity index is 1.37. The van der Waals surface area contributed by atoms with Crippen LogP contribution in [0.3, 0.4) is 0 Å². The van der Waals surface area contributed by atoms with Crippen LogP contribution in [0.4, 0.5) is 0 Å². The van der Waals surface area contributed by atoms with Gasteiger partial charge in [0.05, 0.1) is 18.7 Å². The molecule has 0 bridgehead atoms. The SMILES string of the molecule is Cc1cc(CC(=O)NCCCOc2ccc3ccccc3c2)n[nH]1. The summed E-state index contributed by atoms with van der Waals surface area (Å²) in [5.41, 5.74) is 1.72. The van der Waals surface area contributed by atoms with Crippen LogP contribution >= 0.6 is 0 Å². The summed E-state index contributed by atoms with van der Waals surface area (Å²) in [5, 5.41) is 12.1. The molecule has 0 radical (unpaired) electrons. The fourth-order valence-electron chi connectivity index (χ4n) is 2.54. The van der Waals surface area contributed by atoms with E-state index < -0.39 is 0 Å². The van der Waals surface area contributed by atoms with Gasteiger partial charge in [0.2, 0.25) is 5.91 Å². The second-order valence-electron chi connectivity index (χ2n) is 5.78. The van der Waals surface area contributed by atoms with E-state index >= 15 is 0 Å². The largest absolute Gasteiger partial charge is 0.494 e. The molecule has 1 heterocycles. The van der Waals surface area contributed by atoms with Crippen molar-refractivity contribution in [2.45, 2.75) is 19.8 Å². The molecule has 0 aliphatic heterocycles. The second kappa shape index (κ2) is 7.64. The molecule has 24 heavy (non-hydrogen) atoms.